The number of aromatic nitrogens is 2. The molecule has 0 saturated carbocycles. The van der Waals surface area contributed by atoms with E-state index in [9.17, 15) is 13.6 Å². The molecule has 7 heteroatoms. The van der Waals surface area contributed by atoms with E-state index in [2.05, 4.69) is 15.3 Å². The largest absolute Gasteiger partial charge is 0.293 e. The SMILES string of the molecule is CC(C(=O)Nc1ncccn1)N(C)CC(F)F. The second-order valence-corrected chi connectivity index (χ2v) is 3.57. The number of carbonyl (C=O) groups excluding carboxylic acids is 1. The summed E-state index contributed by atoms with van der Waals surface area (Å²) >= 11 is 0. The summed E-state index contributed by atoms with van der Waals surface area (Å²) in [5.41, 5.74) is 0. The van der Waals surface area contributed by atoms with Crippen molar-refractivity contribution in [1.29, 1.82) is 0 Å². The number of nitrogens with zero attached hydrogens (tertiary/aromatic N) is 3. The van der Waals surface area contributed by atoms with Crippen molar-refractivity contribution >= 4 is 11.9 Å². The minimum Gasteiger partial charge on any atom is -0.293 e. The third-order valence-electron chi connectivity index (χ3n) is 2.27. The van der Waals surface area contributed by atoms with E-state index in [1.807, 2.05) is 0 Å². The summed E-state index contributed by atoms with van der Waals surface area (Å²) < 4.78 is 24.3. The number of anilines is 1. The minimum absolute atomic E-state index is 0.162. The fraction of sp³-hybridized carbons (Fsp3) is 0.500. The summed E-state index contributed by atoms with van der Waals surface area (Å²) in [5, 5.41) is 2.45. The van der Waals surface area contributed by atoms with E-state index in [-0.39, 0.29) is 5.95 Å². The Morgan fingerprint density at radius 3 is 2.59 bits per heavy atom. The van der Waals surface area contributed by atoms with Crippen LogP contribution in [0.3, 0.4) is 0 Å². The van der Waals surface area contributed by atoms with Crippen LogP contribution in [0.1, 0.15) is 6.92 Å². The van der Waals surface area contributed by atoms with E-state index in [1.54, 1.807) is 13.0 Å². The molecule has 0 radical (unpaired) electrons. The van der Waals surface area contributed by atoms with Crippen molar-refractivity contribution in [2.45, 2.75) is 19.4 Å². The number of alkyl halides is 2. The van der Waals surface area contributed by atoms with Gasteiger partial charge in [-0.1, -0.05) is 0 Å². The van der Waals surface area contributed by atoms with Gasteiger partial charge in [-0.3, -0.25) is 15.0 Å². The molecule has 0 aliphatic carbocycles. The molecule has 0 aromatic carbocycles. The normalized spacial score (nSPS) is 12.8. The van der Waals surface area contributed by atoms with Crippen LogP contribution in [-0.2, 0) is 4.79 Å². The molecule has 1 heterocycles. The zero-order valence-electron chi connectivity index (χ0n) is 9.60. The molecule has 1 aromatic rings. The highest BCUT2D eigenvalue weighted by Crippen LogP contribution is 2.04. The number of rotatable bonds is 5. The highest BCUT2D eigenvalue weighted by atomic mass is 19.3. The van der Waals surface area contributed by atoms with E-state index in [1.165, 1.54) is 24.3 Å². The summed E-state index contributed by atoms with van der Waals surface area (Å²) in [4.78, 5) is 20.5. The predicted octanol–water partition coefficient (Wildman–Crippen LogP) is 1.00. The summed E-state index contributed by atoms with van der Waals surface area (Å²) in [6.45, 7) is 1.09. The Morgan fingerprint density at radius 2 is 2.06 bits per heavy atom. The molecule has 1 N–H and O–H groups in total. The first-order chi connectivity index (χ1) is 8.00. The lowest BCUT2D eigenvalue weighted by atomic mass is 10.3. The zero-order valence-corrected chi connectivity index (χ0v) is 9.60. The molecule has 1 atom stereocenters. The number of nitrogens with one attached hydrogen (secondary N) is 1. The lowest BCUT2D eigenvalue weighted by Crippen LogP contribution is -2.42. The van der Waals surface area contributed by atoms with E-state index >= 15 is 0 Å². The van der Waals surface area contributed by atoms with E-state index in [0.29, 0.717) is 0 Å². The molecular weight excluding hydrogens is 230 g/mol. The molecule has 0 bridgehead atoms. The van der Waals surface area contributed by atoms with E-state index in [0.717, 1.165) is 0 Å². The Labute approximate surface area is 97.9 Å². The standard InChI is InChI=1S/C10H14F2N4O/c1-7(16(2)6-8(11)12)9(17)15-10-13-4-3-5-14-10/h3-5,7-8H,6H2,1-2H3,(H,13,14,15,17). The molecular formula is C10H14F2N4O. The van der Waals surface area contributed by atoms with Crippen molar-refractivity contribution in [1.82, 2.24) is 14.9 Å². The molecule has 0 aliphatic heterocycles. The van der Waals surface area contributed by atoms with Gasteiger partial charge in [-0.05, 0) is 20.0 Å². The summed E-state index contributed by atoms with van der Waals surface area (Å²) in [6.07, 6.45) is 0.495. The fourth-order valence-electron chi connectivity index (χ4n) is 1.15. The molecule has 1 amide bonds. The van der Waals surface area contributed by atoms with Crippen LogP contribution in [0.25, 0.3) is 0 Å². The summed E-state index contributed by atoms with van der Waals surface area (Å²) in [6, 6.07) is 0.940. The third-order valence-corrected chi connectivity index (χ3v) is 2.27. The molecule has 0 aliphatic rings. The Kier molecular flexibility index (Phi) is 4.89. The molecule has 0 saturated heterocycles. The van der Waals surface area contributed by atoms with Gasteiger partial charge in [0.1, 0.15) is 0 Å². The van der Waals surface area contributed by atoms with Gasteiger partial charge in [0.05, 0.1) is 12.6 Å². The van der Waals surface area contributed by atoms with Gasteiger partial charge in [0, 0.05) is 12.4 Å². The van der Waals surface area contributed by atoms with Crippen LogP contribution in [0.4, 0.5) is 14.7 Å². The number of likely N-dealkylation sites (N-methyl/N-ethyl adjacent to an activating group) is 1. The van der Waals surface area contributed by atoms with Crippen LogP contribution >= 0.6 is 0 Å². The summed E-state index contributed by atoms with van der Waals surface area (Å²) in [7, 11) is 1.46. The first kappa shape index (κ1) is 13.4. The second kappa shape index (κ2) is 6.19. The van der Waals surface area contributed by atoms with Crippen molar-refractivity contribution in [2.75, 3.05) is 18.9 Å². The maximum absolute atomic E-state index is 12.1. The monoisotopic (exact) mass is 244 g/mol. The smallest absolute Gasteiger partial charge is 0.251 e. The highest BCUT2D eigenvalue weighted by molar-refractivity contribution is 5.92. The Balaban J connectivity index is 2.52. The third kappa shape index (κ3) is 4.39. The molecule has 1 unspecified atom stereocenters. The number of amides is 1. The predicted molar refractivity (Wildman–Crippen MR) is 58.8 cm³/mol. The quantitative estimate of drug-likeness (QED) is 0.839. The van der Waals surface area contributed by atoms with Gasteiger partial charge in [-0.2, -0.15) is 0 Å². The van der Waals surface area contributed by atoms with E-state index < -0.39 is 24.9 Å². The Hall–Kier alpha value is -1.63. The van der Waals surface area contributed by atoms with Gasteiger partial charge in [0.2, 0.25) is 11.9 Å². The molecule has 1 rings (SSSR count). The Morgan fingerprint density at radius 1 is 1.47 bits per heavy atom. The van der Waals surface area contributed by atoms with Crippen LogP contribution in [0.2, 0.25) is 0 Å². The lowest BCUT2D eigenvalue weighted by molar-refractivity contribution is -0.120. The summed E-state index contributed by atoms with van der Waals surface area (Å²) in [5.74, 6) is -0.255. The average Bonchev–Trinajstić information content (AvgIpc) is 2.28. The van der Waals surface area contributed by atoms with Gasteiger partial charge in [-0.15, -0.1) is 0 Å². The average molecular weight is 244 g/mol. The number of hydrogen-bond donors (Lipinski definition) is 1. The highest BCUT2D eigenvalue weighted by Gasteiger charge is 2.21. The first-order valence-electron chi connectivity index (χ1n) is 5.07. The Bertz CT molecular complexity index is 361. The van der Waals surface area contributed by atoms with Crippen LogP contribution < -0.4 is 5.32 Å². The van der Waals surface area contributed by atoms with Gasteiger partial charge < -0.3 is 0 Å². The fourth-order valence-corrected chi connectivity index (χ4v) is 1.15. The topological polar surface area (TPSA) is 58.1 Å². The van der Waals surface area contributed by atoms with E-state index in [4.69, 9.17) is 0 Å². The van der Waals surface area contributed by atoms with Gasteiger partial charge in [0.15, 0.2) is 0 Å². The van der Waals surface area contributed by atoms with Crippen molar-refractivity contribution in [3.63, 3.8) is 0 Å². The number of halogens is 2. The molecule has 0 fully saturated rings. The number of carbonyl (C=O) groups is 1. The van der Waals surface area contributed by atoms with Crippen molar-refractivity contribution < 1.29 is 13.6 Å². The molecule has 94 valence electrons. The van der Waals surface area contributed by atoms with Crippen molar-refractivity contribution in [3.8, 4) is 0 Å². The van der Waals surface area contributed by atoms with Crippen LogP contribution in [0, 0.1) is 0 Å². The van der Waals surface area contributed by atoms with Crippen molar-refractivity contribution in [3.05, 3.63) is 18.5 Å². The number of hydrogen-bond acceptors (Lipinski definition) is 4. The molecule has 5 nitrogen and oxygen atoms in total. The lowest BCUT2D eigenvalue weighted by Gasteiger charge is -2.22. The second-order valence-electron chi connectivity index (χ2n) is 3.57. The molecule has 1 aromatic heterocycles. The molecule has 0 spiro atoms. The zero-order chi connectivity index (χ0) is 12.8. The minimum atomic E-state index is -2.47. The molecule has 17 heavy (non-hydrogen) atoms. The first-order valence-corrected chi connectivity index (χ1v) is 5.07. The van der Waals surface area contributed by atoms with Crippen LogP contribution in [-0.4, -0.2) is 46.8 Å². The van der Waals surface area contributed by atoms with Gasteiger partial charge >= 0.3 is 0 Å². The van der Waals surface area contributed by atoms with Crippen molar-refractivity contribution in [2.24, 2.45) is 0 Å². The maximum Gasteiger partial charge on any atom is 0.251 e. The van der Waals surface area contributed by atoms with Crippen LogP contribution in [0.15, 0.2) is 18.5 Å². The van der Waals surface area contributed by atoms with Crippen LogP contribution in [0.5, 0.6) is 0 Å². The maximum atomic E-state index is 12.1. The van der Waals surface area contributed by atoms with Gasteiger partial charge in [-0.25, -0.2) is 18.7 Å². The van der Waals surface area contributed by atoms with Gasteiger partial charge in [0.25, 0.3) is 6.43 Å².